The van der Waals surface area contributed by atoms with Crippen LogP contribution in [-0.2, 0) is 0 Å². The fraction of sp³-hybridized carbons (Fsp3) is 0.214. The predicted octanol–water partition coefficient (Wildman–Crippen LogP) is 1.34. The third-order valence-corrected chi connectivity index (χ3v) is 2.95. The highest BCUT2D eigenvalue weighted by Crippen LogP contribution is 2.30. The van der Waals surface area contributed by atoms with Crippen LogP contribution in [-0.4, -0.2) is 43.0 Å². The summed E-state index contributed by atoms with van der Waals surface area (Å²) in [5, 5.41) is 11.8. The number of hydrogen-bond acceptors (Lipinski definition) is 5. The number of hydrogen-bond donors (Lipinski definition) is 2. The van der Waals surface area contributed by atoms with Crippen LogP contribution in [0.2, 0.25) is 0 Å². The number of rotatable bonds is 4. The molecule has 1 heterocycles. The SMILES string of the molecule is COc1cc(C(=N)N(C)C)ccc1-c1cc(C(N)=O)on1. The van der Waals surface area contributed by atoms with E-state index in [1.54, 1.807) is 37.2 Å². The minimum atomic E-state index is -0.682. The average Bonchev–Trinajstić information content (AvgIpc) is 2.95. The number of primary amides is 1. The van der Waals surface area contributed by atoms with E-state index in [0.717, 1.165) is 0 Å². The lowest BCUT2D eigenvalue weighted by Crippen LogP contribution is -2.21. The minimum Gasteiger partial charge on any atom is -0.496 e. The molecule has 0 aliphatic carbocycles. The standard InChI is InChI=1S/C14H16N4O3/c1-18(2)13(15)8-4-5-9(11(6-8)20-3)10-7-12(14(16)19)21-17-10/h4-7,15H,1-3H3,(H2,16,19). The summed E-state index contributed by atoms with van der Waals surface area (Å²) >= 11 is 0. The summed E-state index contributed by atoms with van der Waals surface area (Å²) in [5.41, 5.74) is 6.95. The van der Waals surface area contributed by atoms with Gasteiger partial charge in [0.05, 0.1) is 7.11 Å². The number of amides is 1. The monoisotopic (exact) mass is 288 g/mol. The molecule has 1 aromatic carbocycles. The number of nitrogens with two attached hydrogens (primary N) is 1. The molecular formula is C14H16N4O3. The minimum absolute atomic E-state index is 0.0165. The Kier molecular flexibility index (Phi) is 3.93. The molecule has 0 radical (unpaired) electrons. The van der Waals surface area contributed by atoms with Gasteiger partial charge in [0, 0.05) is 31.3 Å². The molecular weight excluding hydrogens is 272 g/mol. The van der Waals surface area contributed by atoms with E-state index < -0.39 is 5.91 Å². The van der Waals surface area contributed by atoms with Crippen LogP contribution in [0.4, 0.5) is 0 Å². The van der Waals surface area contributed by atoms with E-state index in [2.05, 4.69) is 5.16 Å². The van der Waals surface area contributed by atoms with Gasteiger partial charge in [-0.3, -0.25) is 10.2 Å². The molecule has 110 valence electrons. The number of nitrogens with zero attached hydrogens (tertiary/aromatic N) is 2. The van der Waals surface area contributed by atoms with Crippen molar-refractivity contribution in [2.75, 3.05) is 21.2 Å². The highest BCUT2D eigenvalue weighted by Gasteiger charge is 2.16. The van der Waals surface area contributed by atoms with Gasteiger partial charge in [-0.2, -0.15) is 0 Å². The Balaban J connectivity index is 2.44. The van der Waals surface area contributed by atoms with Gasteiger partial charge in [-0.15, -0.1) is 0 Å². The maximum Gasteiger partial charge on any atom is 0.287 e. The Hall–Kier alpha value is -2.83. The summed E-state index contributed by atoms with van der Waals surface area (Å²) in [7, 11) is 5.11. The summed E-state index contributed by atoms with van der Waals surface area (Å²) in [6.45, 7) is 0. The molecule has 0 bridgehead atoms. The van der Waals surface area contributed by atoms with Crippen LogP contribution in [0.1, 0.15) is 16.1 Å². The molecule has 7 heteroatoms. The van der Waals surface area contributed by atoms with Crippen LogP contribution in [0.25, 0.3) is 11.3 Å². The number of nitrogens with one attached hydrogen (secondary N) is 1. The number of aromatic nitrogens is 1. The third-order valence-electron chi connectivity index (χ3n) is 2.95. The van der Waals surface area contributed by atoms with Gasteiger partial charge < -0.3 is 19.9 Å². The van der Waals surface area contributed by atoms with Crippen molar-refractivity contribution in [1.29, 1.82) is 5.41 Å². The largest absolute Gasteiger partial charge is 0.496 e. The maximum atomic E-state index is 11.0. The zero-order chi connectivity index (χ0) is 15.6. The van der Waals surface area contributed by atoms with Gasteiger partial charge in [-0.05, 0) is 12.1 Å². The van der Waals surface area contributed by atoms with E-state index in [9.17, 15) is 4.79 Å². The third kappa shape index (κ3) is 2.86. The van der Waals surface area contributed by atoms with Crippen LogP contribution >= 0.6 is 0 Å². The first-order valence-electron chi connectivity index (χ1n) is 6.15. The lowest BCUT2D eigenvalue weighted by atomic mass is 10.1. The number of methoxy groups -OCH3 is 1. The molecule has 0 saturated heterocycles. The van der Waals surface area contributed by atoms with E-state index >= 15 is 0 Å². The lowest BCUT2D eigenvalue weighted by molar-refractivity contribution is 0.0965. The van der Waals surface area contributed by atoms with Gasteiger partial charge in [0.1, 0.15) is 17.3 Å². The first-order valence-corrected chi connectivity index (χ1v) is 6.15. The smallest absolute Gasteiger partial charge is 0.287 e. The van der Waals surface area contributed by atoms with Crippen molar-refractivity contribution < 1.29 is 14.1 Å². The van der Waals surface area contributed by atoms with Gasteiger partial charge in [0.15, 0.2) is 0 Å². The van der Waals surface area contributed by atoms with Gasteiger partial charge >= 0.3 is 0 Å². The van der Waals surface area contributed by atoms with E-state index in [-0.39, 0.29) is 5.76 Å². The molecule has 1 amide bonds. The molecule has 0 unspecified atom stereocenters. The van der Waals surface area contributed by atoms with Crippen molar-refractivity contribution in [3.8, 4) is 17.0 Å². The highest BCUT2D eigenvalue weighted by molar-refractivity contribution is 5.97. The molecule has 0 aliphatic heterocycles. The van der Waals surface area contributed by atoms with Crippen molar-refractivity contribution in [3.63, 3.8) is 0 Å². The van der Waals surface area contributed by atoms with Crippen molar-refractivity contribution in [3.05, 3.63) is 35.6 Å². The van der Waals surface area contributed by atoms with Crippen LogP contribution < -0.4 is 10.5 Å². The molecule has 7 nitrogen and oxygen atoms in total. The molecule has 0 aliphatic rings. The van der Waals surface area contributed by atoms with Gasteiger partial charge in [-0.25, -0.2) is 0 Å². The van der Waals surface area contributed by atoms with Gasteiger partial charge in [0.25, 0.3) is 5.91 Å². The molecule has 1 aromatic heterocycles. The second-order valence-corrected chi connectivity index (χ2v) is 4.60. The molecule has 0 spiro atoms. The van der Waals surface area contributed by atoms with Crippen molar-refractivity contribution >= 4 is 11.7 Å². The molecule has 2 aromatic rings. The van der Waals surface area contributed by atoms with E-state index in [1.807, 2.05) is 0 Å². The second kappa shape index (κ2) is 5.66. The van der Waals surface area contributed by atoms with Gasteiger partial charge in [0.2, 0.25) is 5.76 Å². The highest BCUT2D eigenvalue weighted by atomic mass is 16.5. The molecule has 0 atom stereocenters. The Morgan fingerprint density at radius 3 is 2.62 bits per heavy atom. The molecule has 0 saturated carbocycles. The van der Waals surface area contributed by atoms with Crippen molar-refractivity contribution in [2.45, 2.75) is 0 Å². The fourth-order valence-corrected chi connectivity index (χ4v) is 1.83. The topological polar surface area (TPSA) is 105 Å². The number of ether oxygens (including phenoxy) is 1. The Morgan fingerprint density at radius 1 is 1.38 bits per heavy atom. The predicted molar refractivity (Wildman–Crippen MR) is 77.5 cm³/mol. The summed E-state index contributed by atoms with van der Waals surface area (Å²) in [5.74, 6) is 0.192. The fourth-order valence-electron chi connectivity index (χ4n) is 1.83. The zero-order valence-electron chi connectivity index (χ0n) is 12.0. The molecule has 0 fully saturated rings. The Bertz CT molecular complexity index is 691. The first-order chi connectivity index (χ1) is 9.93. The molecule has 2 rings (SSSR count). The van der Waals surface area contributed by atoms with Crippen LogP contribution in [0.15, 0.2) is 28.8 Å². The van der Waals surface area contributed by atoms with E-state index in [1.165, 1.54) is 13.2 Å². The van der Waals surface area contributed by atoms with Crippen molar-refractivity contribution in [1.82, 2.24) is 10.1 Å². The Labute approximate surface area is 121 Å². The average molecular weight is 288 g/mol. The van der Waals surface area contributed by atoms with Crippen molar-refractivity contribution in [2.24, 2.45) is 5.73 Å². The molecule has 21 heavy (non-hydrogen) atoms. The summed E-state index contributed by atoms with van der Waals surface area (Å²) in [4.78, 5) is 12.7. The maximum absolute atomic E-state index is 11.0. The Morgan fingerprint density at radius 2 is 2.10 bits per heavy atom. The second-order valence-electron chi connectivity index (χ2n) is 4.60. The quantitative estimate of drug-likeness (QED) is 0.652. The van der Waals surface area contributed by atoms with E-state index in [0.29, 0.717) is 28.4 Å². The lowest BCUT2D eigenvalue weighted by Gasteiger charge is -2.15. The normalized spacial score (nSPS) is 10.2. The number of benzene rings is 1. The van der Waals surface area contributed by atoms with Crippen LogP contribution in [0.5, 0.6) is 5.75 Å². The van der Waals surface area contributed by atoms with Gasteiger partial charge in [-0.1, -0.05) is 11.2 Å². The van der Waals surface area contributed by atoms with E-state index in [4.69, 9.17) is 20.4 Å². The number of carbonyl (C=O) groups is 1. The summed E-state index contributed by atoms with van der Waals surface area (Å²) in [6.07, 6.45) is 0. The van der Waals surface area contributed by atoms with Crippen LogP contribution in [0.3, 0.4) is 0 Å². The zero-order valence-corrected chi connectivity index (χ0v) is 12.0. The molecule has 3 N–H and O–H groups in total. The number of carbonyl (C=O) groups excluding carboxylic acids is 1. The summed E-state index contributed by atoms with van der Waals surface area (Å²) < 4.78 is 10.2. The number of amidine groups is 1. The summed E-state index contributed by atoms with van der Waals surface area (Å²) in [6, 6.07) is 6.72. The first kappa shape index (κ1) is 14.6. The van der Waals surface area contributed by atoms with Crippen LogP contribution in [0, 0.1) is 5.41 Å².